The second-order valence-electron chi connectivity index (χ2n) is 1.57. The van der Waals surface area contributed by atoms with Crippen LogP contribution in [0.15, 0.2) is 0 Å². The molecular formula is C5H16AlO2P. The van der Waals surface area contributed by atoms with E-state index in [1.807, 2.05) is 13.8 Å². The van der Waals surface area contributed by atoms with Crippen molar-refractivity contribution >= 4 is 25.4 Å². The molecule has 0 radical (unpaired) electrons. The monoisotopic (exact) mass is 166 g/mol. The van der Waals surface area contributed by atoms with E-state index in [-0.39, 0.29) is 17.4 Å². The summed E-state index contributed by atoms with van der Waals surface area (Å²) in [6.45, 7) is 4.52. The molecule has 2 nitrogen and oxygen atoms in total. The first-order chi connectivity index (χ1) is 3.81. The van der Waals surface area contributed by atoms with Gasteiger partial charge in [0.25, 0.3) is 0 Å². The van der Waals surface area contributed by atoms with Gasteiger partial charge < -0.3 is 4.52 Å². The molecule has 0 spiro atoms. The average Bonchev–Trinajstić information content (AvgIpc) is 1.83. The van der Waals surface area contributed by atoms with Crippen molar-refractivity contribution < 1.29 is 9.09 Å². The lowest BCUT2D eigenvalue weighted by atomic mass is 10.5. The van der Waals surface area contributed by atoms with E-state index in [4.69, 9.17) is 4.52 Å². The van der Waals surface area contributed by atoms with Crippen molar-refractivity contribution in [2.24, 2.45) is 0 Å². The summed E-state index contributed by atoms with van der Waals surface area (Å²) in [5.41, 5.74) is 0. The summed E-state index contributed by atoms with van der Waals surface area (Å²) in [7, 11) is -1.64. The molecule has 0 amide bonds. The minimum absolute atomic E-state index is 0. The van der Waals surface area contributed by atoms with Crippen molar-refractivity contribution in [2.45, 2.75) is 20.3 Å². The Morgan fingerprint density at radius 1 is 1.44 bits per heavy atom. The van der Waals surface area contributed by atoms with Crippen molar-refractivity contribution in [2.75, 3.05) is 12.8 Å². The zero-order valence-corrected chi connectivity index (χ0v) is 6.44. The van der Waals surface area contributed by atoms with Gasteiger partial charge in [-0.1, -0.05) is 13.8 Å². The van der Waals surface area contributed by atoms with Crippen LogP contribution in [0.3, 0.4) is 0 Å². The Kier molecular flexibility index (Phi) is 12.0. The third kappa shape index (κ3) is 8.72. The highest BCUT2D eigenvalue weighted by Crippen LogP contribution is 2.20. The Bertz CT molecular complexity index is 77.4. The first-order valence-electron chi connectivity index (χ1n) is 2.96. The molecule has 56 valence electrons. The molecule has 0 aliphatic carbocycles. The van der Waals surface area contributed by atoms with Crippen LogP contribution in [0.4, 0.5) is 0 Å². The minimum atomic E-state index is -1.64. The van der Waals surface area contributed by atoms with E-state index in [0.717, 1.165) is 6.42 Å². The molecule has 0 saturated carbocycles. The van der Waals surface area contributed by atoms with E-state index in [2.05, 4.69) is 0 Å². The van der Waals surface area contributed by atoms with Crippen molar-refractivity contribution in [1.29, 1.82) is 0 Å². The second kappa shape index (κ2) is 8.72. The lowest BCUT2D eigenvalue weighted by molar-refractivity contribution is 0.329. The maximum Gasteiger partial charge on any atom is 0.191 e. The molecule has 0 heterocycles. The molecule has 0 saturated heterocycles. The molecule has 0 aromatic rings. The molecule has 0 aromatic carbocycles. The normalized spacial score (nSPS) is 12.2. The molecule has 0 aliphatic rings. The topological polar surface area (TPSA) is 26.3 Å². The third-order valence-electron chi connectivity index (χ3n) is 0.756. The van der Waals surface area contributed by atoms with Crippen molar-refractivity contribution in [3.05, 3.63) is 0 Å². The Labute approximate surface area is 68.0 Å². The fourth-order valence-corrected chi connectivity index (χ4v) is 0.954. The van der Waals surface area contributed by atoms with Gasteiger partial charge in [0, 0.05) is 6.16 Å². The molecular weight excluding hydrogens is 150 g/mol. The number of hydrogen-bond donors (Lipinski definition) is 0. The van der Waals surface area contributed by atoms with Gasteiger partial charge in [-0.3, -0.25) is 4.57 Å². The fraction of sp³-hybridized carbons (Fsp3) is 1.00. The zero-order valence-electron chi connectivity index (χ0n) is 5.44. The lowest BCUT2D eigenvalue weighted by Gasteiger charge is -1.96. The van der Waals surface area contributed by atoms with Crippen LogP contribution in [0.2, 0.25) is 0 Å². The van der Waals surface area contributed by atoms with E-state index >= 15 is 0 Å². The predicted octanol–water partition coefficient (Wildman–Crippen LogP) is 0.724. The van der Waals surface area contributed by atoms with Crippen LogP contribution in [0, 0.1) is 0 Å². The summed E-state index contributed by atoms with van der Waals surface area (Å²) in [5.74, 6) is 0. The van der Waals surface area contributed by atoms with E-state index < -0.39 is 8.03 Å². The van der Waals surface area contributed by atoms with Gasteiger partial charge in [0.1, 0.15) is 0 Å². The molecule has 1 atom stereocenters. The molecule has 0 aliphatic heterocycles. The Morgan fingerprint density at radius 3 is 2.33 bits per heavy atom. The van der Waals surface area contributed by atoms with E-state index in [0.29, 0.717) is 12.8 Å². The molecule has 0 rings (SSSR count). The van der Waals surface area contributed by atoms with Crippen LogP contribution < -0.4 is 0 Å². The second-order valence-corrected chi connectivity index (χ2v) is 3.31. The van der Waals surface area contributed by atoms with Crippen LogP contribution >= 0.6 is 8.03 Å². The van der Waals surface area contributed by atoms with Gasteiger partial charge in [0.2, 0.25) is 0 Å². The maximum absolute atomic E-state index is 10.5. The van der Waals surface area contributed by atoms with Gasteiger partial charge in [-0.2, -0.15) is 0 Å². The van der Waals surface area contributed by atoms with Gasteiger partial charge in [-0.15, -0.1) is 0 Å². The molecule has 4 heteroatoms. The highest BCUT2D eigenvalue weighted by Gasteiger charge is 1.90. The molecule has 0 N–H and O–H groups in total. The maximum atomic E-state index is 10.5. The van der Waals surface area contributed by atoms with E-state index in [9.17, 15) is 4.57 Å². The number of rotatable bonds is 4. The molecule has 9 heavy (non-hydrogen) atoms. The standard InChI is InChI=1S/C5H13O2P.Al.3H/c1-3-5-7-8(6)4-2;;;;/h8H,3-5H2,1-2H3;;;;. The summed E-state index contributed by atoms with van der Waals surface area (Å²) in [5, 5.41) is 0. The minimum Gasteiger partial charge on any atom is -0.330 e. The fourth-order valence-electron chi connectivity index (χ4n) is 0.318. The first kappa shape index (κ1) is 12.4. The van der Waals surface area contributed by atoms with E-state index in [1.165, 1.54) is 0 Å². The predicted molar refractivity (Wildman–Crippen MR) is 45.7 cm³/mol. The van der Waals surface area contributed by atoms with E-state index in [1.54, 1.807) is 0 Å². The summed E-state index contributed by atoms with van der Waals surface area (Å²) in [6.07, 6.45) is 1.63. The molecule has 0 aromatic heterocycles. The molecule has 0 fully saturated rings. The highest BCUT2D eigenvalue weighted by atomic mass is 31.1. The largest absolute Gasteiger partial charge is 0.330 e. The van der Waals surface area contributed by atoms with Crippen LogP contribution in [0.1, 0.15) is 20.3 Å². The van der Waals surface area contributed by atoms with Gasteiger partial charge in [-0.05, 0) is 6.42 Å². The highest BCUT2D eigenvalue weighted by molar-refractivity contribution is 7.39. The Balaban J connectivity index is 0. The zero-order chi connectivity index (χ0) is 6.41. The first-order valence-corrected chi connectivity index (χ1v) is 4.49. The molecule has 0 bridgehead atoms. The van der Waals surface area contributed by atoms with Gasteiger partial charge in [-0.25, -0.2) is 0 Å². The van der Waals surface area contributed by atoms with Crippen LogP contribution in [-0.2, 0) is 9.09 Å². The Morgan fingerprint density at radius 2 is 2.00 bits per heavy atom. The van der Waals surface area contributed by atoms with Gasteiger partial charge in [0.15, 0.2) is 25.4 Å². The lowest BCUT2D eigenvalue weighted by Crippen LogP contribution is -1.82. The van der Waals surface area contributed by atoms with Crippen LogP contribution in [0.25, 0.3) is 0 Å². The van der Waals surface area contributed by atoms with Crippen molar-refractivity contribution in [1.82, 2.24) is 0 Å². The van der Waals surface area contributed by atoms with Crippen LogP contribution in [0.5, 0.6) is 0 Å². The Hall–Kier alpha value is 0.722. The third-order valence-corrected chi connectivity index (χ3v) is 1.86. The average molecular weight is 166 g/mol. The smallest absolute Gasteiger partial charge is 0.191 e. The molecule has 1 unspecified atom stereocenters. The van der Waals surface area contributed by atoms with Gasteiger partial charge >= 0.3 is 0 Å². The van der Waals surface area contributed by atoms with Gasteiger partial charge in [0.05, 0.1) is 6.61 Å². The van der Waals surface area contributed by atoms with Crippen molar-refractivity contribution in [3.63, 3.8) is 0 Å². The summed E-state index contributed by atoms with van der Waals surface area (Å²) < 4.78 is 15.4. The van der Waals surface area contributed by atoms with Crippen molar-refractivity contribution in [3.8, 4) is 0 Å². The number of hydrogen-bond acceptors (Lipinski definition) is 2. The SMILES string of the molecule is CCCO[PH](=O)CC.[AlH3]. The van der Waals surface area contributed by atoms with Crippen LogP contribution in [-0.4, -0.2) is 30.1 Å². The summed E-state index contributed by atoms with van der Waals surface area (Å²) in [6, 6.07) is 0. The summed E-state index contributed by atoms with van der Waals surface area (Å²) in [4.78, 5) is 0. The summed E-state index contributed by atoms with van der Waals surface area (Å²) >= 11 is 0. The quantitative estimate of drug-likeness (QED) is 0.454.